The van der Waals surface area contributed by atoms with Gasteiger partial charge in [0.15, 0.2) is 18.6 Å². The molecule has 0 aliphatic heterocycles. The molecule has 0 amide bonds. The van der Waals surface area contributed by atoms with Crippen LogP contribution >= 0.6 is 0 Å². The lowest BCUT2D eigenvalue weighted by atomic mass is 10.3. The Hall–Kier alpha value is -1.93. The molecule has 2 heterocycles. The van der Waals surface area contributed by atoms with Crippen LogP contribution in [0.1, 0.15) is 13.3 Å². The summed E-state index contributed by atoms with van der Waals surface area (Å²) in [7, 11) is -4.24. The molecule has 8 heteroatoms. The highest BCUT2D eigenvalue weighted by Gasteiger charge is 2.13. The van der Waals surface area contributed by atoms with Gasteiger partial charge in [0.25, 0.3) is 0 Å². The quantitative estimate of drug-likeness (QED) is 0.575. The van der Waals surface area contributed by atoms with Crippen molar-refractivity contribution in [3.63, 3.8) is 0 Å². The van der Waals surface area contributed by atoms with Gasteiger partial charge in [-0.05, 0) is 18.1 Å². The van der Waals surface area contributed by atoms with Gasteiger partial charge in [-0.2, -0.15) is 0 Å². The number of aromatic nitrogens is 4. The SMILES string of the molecule is CC(CC[n+]1ccc(-c2ncccn2)cn1)S(=O)(=O)[O-]. The highest BCUT2D eigenvalue weighted by molar-refractivity contribution is 7.86. The molecule has 0 aliphatic carbocycles. The molecule has 1 unspecified atom stereocenters. The lowest BCUT2D eigenvalue weighted by Crippen LogP contribution is -2.39. The Bertz CT molecular complexity index is 659. The Morgan fingerprint density at radius 2 is 2.05 bits per heavy atom. The largest absolute Gasteiger partial charge is 0.748 e. The Morgan fingerprint density at radius 1 is 1.35 bits per heavy atom. The van der Waals surface area contributed by atoms with Gasteiger partial charge >= 0.3 is 0 Å². The molecular formula is C12H14N4O3S. The average molecular weight is 294 g/mol. The third kappa shape index (κ3) is 3.78. The van der Waals surface area contributed by atoms with E-state index >= 15 is 0 Å². The first kappa shape index (κ1) is 14.5. The van der Waals surface area contributed by atoms with E-state index in [-0.39, 0.29) is 6.42 Å². The number of rotatable bonds is 5. The lowest BCUT2D eigenvalue weighted by Gasteiger charge is -2.13. The first-order valence-electron chi connectivity index (χ1n) is 6.04. The zero-order chi connectivity index (χ0) is 14.6. The van der Waals surface area contributed by atoms with E-state index in [2.05, 4.69) is 15.1 Å². The van der Waals surface area contributed by atoms with Crippen molar-refractivity contribution in [3.8, 4) is 11.4 Å². The van der Waals surface area contributed by atoms with E-state index in [4.69, 9.17) is 0 Å². The fraction of sp³-hybridized carbons (Fsp3) is 0.333. The Morgan fingerprint density at radius 3 is 2.60 bits per heavy atom. The monoisotopic (exact) mass is 294 g/mol. The van der Waals surface area contributed by atoms with Crippen LogP contribution in [0.15, 0.2) is 36.9 Å². The van der Waals surface area contributed by atoms with Gasteiger partial charge in [0.1, 0.15) is 6.20 Å². The van der Waals surface area contributed by atoms with Crippen molar-refractivity contribution in [1.82, 2.24) is 15.1 Å². The maximum atomic E-state index is 10.8. The number of hydrogen-bond acceptors (Lipinski definition) is 6. The zero-order valence-corrected chi connectivity index (χ0v) is 11.7. The van der Waals surface area contributed by atoms with E-state index in [1.165, 1.54) is 6.92 Å². The topological polar surface area (TPSA) is 99.8 Å². The molecule has 0 fully saturated rings. The highest BCUT2D eigenvalue weighted by Crippen LogP contribution is 2.09. The fourth-order valence-electron chi connectivity index (χ4n) is 1.56. The van der Waals surface area contributed by atoms with Gasteiger partial charge in [-0.25, -0.2) is 18.4 Å². The van der Waals surface area contributed by atoms with Crippen LogP contribution in [0.2, 0.25) is 0 Å². The van der Waals surface area contributed by atoms with Gasteiger partial charge in [0.05, 0.1) is 15.4 Å². The molecule has 0 aliphatic rings. The normalized spacial score (nSPS) is 13.1. The Labute approximate surface area is 117 Å². The summed E-state index contributed by atoms with van der Waals surface area (Å²) in [6.07, 6.45) is 6.82. The van der Waals surface area contributed by atoms with Crippen molar-refractivity contribution in [3.05, 3.63) is 36.9 Å². The number of nitrogens with zero attached hydrogens (tertiary/aromatic N) is 4. The molecule has 1 atom stereocenters. The smallest absolute Gasteiger partial charge is 0.197 e. The predicted molar refractivity (Wildman–Crippen MR) is 69.2 cm³/mol. The molecule has 0 N–H and O–H groups in total. The minimum atomic E-state index is -4.24. The maximum absolute atomic E-state index is 10.8. The molecule has 0 bridgehead atoms. The van der Waals surface area contributed by atoms with Gasteiger partial charge < -0.3 is 4.55 Å². The van der Waals surface area contributed by atoms with Crippen molar-refractivity contribution in [2.45, 2.75) is 25.1 Å². The van der Waals surface area contributed by atoms with E-state index in [0.717, 1.165) is 5.56 Å². The van der Waals surface area contributed by atoms with Crippen LogP contribution in [0.4, 0.5) is 0 Å². The standard InChI is InChI=1S/C12H14N4O3S/c1-10(20(17,18)19)3-7-16-8-4-11(9-15-16)12-13-5-2-6-14-12/h2,4-6,8-10H,3,7H2,1H3. The van der Waals surface area contributed by atoms with E-state index in [9.17, 15) is 13.0 Å². The first-order valence-corrected chi connectivity index (χ1v) is 7.52. The summed E-state index contributed by atoms with van der Waals surface area (Å²) in [6.45, 7) is 1.76. The minimum Gasteiger partial charge on any atom is -0.748 e. The predicted octanol–water partition coefficient (Wildman–Crippen LogP) is 0.150. The third-order valence-electron chi connectivity index (χ3n) is 2.85. The second kappa shape index (κ2) is 6.02. The van der Waals surface area contributed by atoms with E-state index in [0.29, 0.717) is 12.4 Å². The molecule has 20 heavy (non-hydrogen) atoms. The Balaban J connectivity index is 2.03. The van der Waals surface area contributed by atoms with E-state index in [1.54, 1.807) is 41.6 Å². The van der Waals surface area contributed by atoms with Crippen LogP contribution in [0.25, 0.3) is 11.4 Å². The van der Waals surface area contributed by atoms with Crippen LogP contribution in [0, 0.1) is 0 Å². The molecule has 0 spiro atoms. The summed E-state index contributed by atoms with van der Waals surface area (Å²) in [5, 5.41) is 3.23. The molecule has 0 radical (unpaired) electrons. The van der Waals surface area contributed by atoms with Gasteiger partial charge in [-0.3, -0.25) is 0 Å². The van der Waals surface area contributed by atoms with Gasteiger partial charge in [0.2, 0.25) is 0 Å². The summed E-state index contributed by atoms with van der Waals surface area (Å²) in [4.78, 5) is 8.21. The van der Waals surface area contributed by atoms with Crippen LogP contribution in [-0.4, -0.2) is 33.3 Å². The van der Waals surface area contributed by atoms with Crippen molar-refractivity contribution in [1.29, 1.82) is 0 Å². The molecule has 106 valence electrons. The van der Waals surface area contributed by atoms with E-state index in [1.807, 2.05) is 0 Å². The zero-order valence-electron chi connectivity index (χ0n) is 10.9. The van der Waals surface area contributed by atoms with Gasteiger partial charge in [-0.15, -0.1) is 0 Å². The molecule has 2 rings (SSSR count). The van der Waals surface area contributed by atoms with Crippen molar-refractivity contribution >= 4 is 10.1 Å². The van der Waals surface area contributed by atoms with Crippen molar-refractivity contribution < 1.29 is 17.7 Å². The number of aryl methyl sites for hydroxylation is 1. The second-order valence-electron chi connectivity index (χ2n) is 4.34. The lowest BCUT2D eigenvalue weighted by molar-refractivity contribution is -0.754. The van der Waals surface area contributed by atoms with Crippen LogP contribution in [-0.2, 0) is 16.7 Å². The molecule has 0 saturated heterocycles. The van der Waals surface area contributed by atoms with Crippen LogP contribution in [0.3, 0.4) is 0 Å². The molecular weight excluding hydrogens is 280 g/mol. The summed E-state index contributed by atoms with van der Waals surface area (Å²) in [5.41, 5.74) is 0.770. The third-order valence-corrected chi connectivity index (χ3v) is 4.07. The van der Waals surface area contributed by atoms with E-state index < -0.39 is 15.4 Å². The van der Waals surface area contributed by atoms with Crippen molar-refractivity contribution in [2.24, 2.45) is 0 Å². The molecule has 2 aromatic rings. The van der Waals surface area contributed by atoms with Gasteiger partial charge in [-0.1, -0.05) is 4.68 Å². The van der Waals surface area contributed by atoms with Crippen LogP contribution < -0.4 is 4.68 Å². The summed E-state index contributed by atoms with van der Waals surface area (Å²) >= 11 is 0. The number of hydrogen-bond donors (Lipinski definition) is 0. The highest BCUT2D eigenvalue weighted by atomic mass is 32.2. The maximum Gasteiger partial charge on any atom is 0.197 e. The Kier molecular flexibility index (Phi) is 4.35. The first-order chi connectivity index (χ1) is 9.47. The molecule has 2 aromatic heterocycles. The average Bonchev–Trinajstić information content (AvgIpc) is 2.45. The second-order valence-corrected chi connectivity index (χ2v) is 6.13. The van der Waals surface area contributed by atoms with Crippen molar-refractivity contribution in [2.75, 3.05) is 0 Å². The molecule has 7 nitrogen and oxygen atoms in total. The van der Waals surface area contributed by atoms with Gasteiger partial charge in [0, 0.05) is 30.4 Å². The molecule has 0 saturated carbocycles. The summed E-state index contributed by atoms with van der Waals surface area (Å²) in [6, 6.07) is 3.52. The molecule has 0 aromatic carbocycles. The van der Waals surface area contributed by atoms with Crippen LogP contribution in [0.5, 0.6) is 0 Å². The minimum absolute atomic E-state index is 0.227. The summed E-state index contributed by atoms with van der Waals surface area (Å²) in [5.74, 6) is 0.572. The fourth-order valence-corrected chi connectivity index (χ4v) is 1.95. The summed E-state index contributed by atoms with van der Waals surface area (Å²) < 4.78 is 33.9.